The van der Waals surface area contributed by atoms with Crippen LogP contribution >= 0.6 is 11.8 Å². The van der Waals surface area contributed by atoms with Gasteiger partial charge >= 0.3 is 0 Å². The summed E-state index contributed by atoms with van der Waals surface area (Å²) in [4.78, 5) is 0. The van der Waals surface area contributed by atoms with E-state index in [1.165, 1.54) is 56.7 Å². The first-order valence-electron chi connectivity index (χ1n) is 6.66. The Labute approximate surface area is 99.8 Å². The van der Waals surface area contributed by atoms with Crippen molar-refractivity contribution in [1.29, 1.82) is 0 Å². The highest BCUT2D eigenvalue weighted by Gasteiger charge is 2.25. The summed E-state index contributed by atoms with van der Waals surface area (Å²) < 4.78 is 0. The van der Waals surface area contributed by atoms with Gasteiger partial charge in [0.1, 0.15) is 0 Å². The van der Waals surface area contributed by atoms with Crippen molar-refractivity contribution in [3.8, 4) is 0 Å². The highest BCUT2D eigenvalue weighted by atomic mass is 32.2. The molecule has 1 aliphatic carbocycles. The molecule has 0 bridgehead atoms. The predicted molar refractivity (Wildman–Crippen MR) is 71.6 cm³/mol. The molecule has 15 heavy (non-hydrogen) atoms. The summed E-state index contributed by atoms with van der Waals surface area (Å²) in [5, 5.41) is 3.59. The van der Waals surface area contributed by atoms with E-state index >= 15 is 0 Å². The van der Waals surface area contributed by atoms with Crippen LogP contribution in [0.5, 0.6) is 0 Å². The molecule has 1 N–H and O–H groups in total. The number of hydrogen-bond acceptors (Lipinski definition) is 2. The summed E-state index contributed by atoms with van der Waals surface area (Å²) >= 11 is 2.10. The normalized spacial score (nSPS) is 26.0. The molecule has 0 heterocycles. The monoisotopic (exact) mass is 229 g/mol. The zero-order valence-corrected chi connectivity index (χ0v) is 11.2. The smallest absolute Gasteiger partial charge is 0.00179 e. The third-order valence-electron chi connectivity index (χ3n) is 3.49. The fourth-order valence-electron chi connectivity index (χ4n) is 2.61. The number of rotatable bonds is 8. The van der Waals surface area contributed by atoms with Crippen LogP contribution in [0, 0.1) is 11.8 Å². The maximum absolute atomic E-state index is 3.59. The lowest BCUT2D eigenvalue weighted by atomic mass is 9.93. The molecular weight excluding hydrogens is 202 g/mol. The molecule has 2 atom stereocenters. The van der Waals surface area contributed by atoms with Crippen LogP contribution in [0.4, 0.5) is 0 Å². The van der Waals surface area contributed by atoms with Gasteiger partial charge in [0.25, 0.3) is 0 Å². The van der Waals surface area contributed by atoms with Gasteiger partial charge in [0.2, 0.25) is 0 Å². The van der Waals surface area contributed by atoms with Crippen molar-refractivity contribution in [3.63, 3.8) is 0 Å². The maximum Gasteiger partial charge on any atom is -0.00179 e. The first-order chi connectivity index (χ1) is 7.38. The molecule has 0 radical (unpaired) electrons. The van der Waals surface area contributed by atoms with Gasteiger partial charge in [0, 0.05) is 0 Å². The van der Waals surface area contributed by atoms with Gasteiger partial charge < -0.3 is 5.32 Å². The maximum atomic E-state index is 3.59. The summed E-state index contributed by atoms with van der Waals surface area (Å²) in [5.41, 5.74) is 0. The second-order valence-electron chi connectivity index (χ2n) is 4.64. The summed E-state index contributed by atoms with van der Waals surface area (Å²) in [6, 6.07) is 0. The minimum absolute atomic E-state index is 0.981. The van der Waals surface area contributed by atoms with Gasteiger partial charge in [-0.05, 0) is 55.7 Å². The minimum Gasteiger partial charge on any atom is -0.316 e. The molecule has 0 saturated heterocycles. The quantitative estimate of drug-likeness (QED) is 0.639. The molecule has 2 unspecified atom stereocenters. The molecule has 1 aliphatic rings. The molecular formula is C13H27NS. The van der Waals surface area contributed by atoms with E-state index in [-0.39, 0.29) is 0 Å². The van der Waals surface area contributed by atoms with E-state index in [1.54, 1.807) is 0 Å². The third-order valence-corrected chi connectivity index (χ3v) is 4.42. The highest BCUT2D eigenvalue weighted by molar-refractivity contribution is 7.99. The zero-order chi connectivity index (χ0) is 10.9. The van der Waals surface area contributed by atoms with Crippen LogP contribution < -0.4 is 5.32 Å². The molecule has 0 aromatic heterocycles. The second-order valence-corrected chi connectivity index (χ2v) is 6.03. The van der Waals surface area contributed by atoms with Crippen LogP contribution in [-0.4, -0.2) is 24.6 Å². The van der Waals surface area contributed by atoms with E-state index < -0.39 is 0 Å². The topological polar surface area (TPSA) is 12.0 Å². The first kappa shape index (κ1) is 13.4. The van der Waals surface area contributed by atoms with E-state index in [1.807, 2.05) is 0 Å². The van der Waals surface area contributed by atoms with Crippen molar-refractivity contribution in [3.05, 3.63) is 0 Å². The van der Waals surface area contributed by atoms with E-state index in [2.05, 4.69) is 30.9 Å². The van der Waals surface area contributed by atoms with E-state index in [9.17, 15) is 0 Å². The van der Waals surface area contributed by atoms with Crippen molar-refractivity contribution in [2.24, 2.45) is 11.8 Å². The van der Waals surface area contributed by atoms with Gasteiger partial charge in [-0.2, -0.15) is 11.8 Å². The number of thioether (sulfide) groups is 1. The molecule has 0 aliphatic heterocycles. The molecule has 90 valence electrons. The Balaban J connectivity index is 2.11. The average molecular weight is 229 g/mol. The van der Waals surface area contributed by atoms with Gasteiger partial charge in [-0.1, -0.05) is 26.7 Å². The molecule has 0 amide bonds. The molecule has 2 heteroatoms. The lowest BCUT2D eigenvalue weighted by Crippen LogP contribution is -2.26. The molecule has 1 nitrogen and oxygen atoms in total. The van der Waals surface area contributed by atoms with Crippen molar-refractivity contribution >= 4 is 11.8 Å². The van der Waals surface area contributed by atoms with E-state index in [0.29, 0.717) is 0 Å². The summed E-state index contributed by atoms with van der Waals surface area (Å²) in [6.45, 7) is 6.98. The average Bonchev–Trinajstić information content (AvgIpc) is 2.67. The Morgan fingerprint density at radius 1 is 1.20 bits per heavy atom. The van der Waals surface area contributed by atoms with Crippen LogP contribution in [-0.2, 0) is 0 Å². The minimum atomic E-state index is 0.981. The standard InChI is InChI=1S/C13H27NS/c1-3-9-14-11-13-7-5-6-12(13)8-10-15-4-2/h12-14H,3-11H2,1-2H3. The van der Waals surface area contributed by atoms with Crippen LogP contribution in [0.3, 0.4) is 0 Å². The summed E-state index contributed by atoms with van der Waals surface area (Å²) in [7, 11) is 0. The van der Waals surface area contributed by atoms with Crippen molar-refractivity contribution in [1.82, 2.24) is 5.32 Å². The van der Waals surface area contributed by atoms with Crippen LogP contribution in [0.15, 0.2) is 0 Å². The SMILES string of the molecule is CCCNCC1CCCC1CCSCC. The van der Waals surface area contributed by atoms with Gasteiger partial charge in [-0.25, -0.2) is 0 Å². The summed E-state index contributed by atoms with van der Waals surface area (Å²) in [6.07, 6.45) is 7.15. The van der Waals surface area contributed by atoms with Gasteiger partial charge in [0.05, 0.1) is 0 Å². The summed E-state index contributed by atoms with van der Waals surface area (Å²) in [5.74, 6) is 4.67. The zero-order valence-electron chi connectivity index (χ0n) is 10.4. The fraction of sp³-hybridized carbons (Fsp3) is 1.00. The Kier molecular flexibility index (Phi) is 7.54. The van der Waals surface area contributed by atoms with Crippen molar-refractivity contribution < 1.29 is 0 Å². The molecule has 0 spiro atoms. The van der Waals surface area contributed by atoms with Crippen LogP contribution in [0.1, 0.15) is 46.0 Å². The lowest BCUT2D eigenvalue weighted by Gasteiger charge is -2.19. The lowest BCUT2D eigenvalue weighted by molar-refractivity contribution is 0.360. The fourth-order valence-corrected chi connectivity index (χ4v) is 3.36. The van der Waals surface area contributed by atoms with E-state index in [4.69, 9.17) is 0 Å². The molecule has 1 rings (SSSR count). The molecule has 1 saturated carbocycles. The molecule has 1 fully saturated rings. The van der Waals surface area contributed by atoms with Gasteiger partial charge in [-0.3, -0.25) is 0 Å². The second kappa shape index (κ2) is 8.46. The Hall–Kier alpha value is 0.310. The Bertz CT molecular complexity index is 133. The third kappa shape index (κ3) is 5.26. The molecule has 0 aromatic rings. The van der Waals surface area contributed by atoms with Gasteiger partial charge in [0.15, 0.2) is 0 Å². The number of nitrogens with one attached hydrogen (secondary N) is 1. The predicted octanol–water partition coefficient (Wildman–Crippen LogP) is 3.55. The van der Waals surface area contributed by atoms with Crippen molar-refractivity contribution in [2.75, 3.05) is 24.6 Å². The van der Waals surface area contributed by atoms with Crippen molar-refractivity contribution in [2.45, 2.75) is 46.0 Å². The largest absolute Gasteiger partial charge is 0.316 e. The Morgan fingerprint density at radius 2 is 2.00 bits per heavy atom. The van der Waals surface area contributed by atoms with Crippen LogP contribution in [0.2, 0.25) is 0 Å². The molecule has 0 aromatic carbocycles. The van der Waals surface area contributed by atoms with Gasteiger partial charge in [-0.15, -0.1) is 0 Å². The van der Waals surface area contributed by atoms with Crippen LogP contribution in [0.25, 0.3) is 0 Å². The highest BCUT2D eigenvalue weighted by Crippen LogP contribution is 2.34. The number of hydrogen-bond donors (Lipinski definition) is 1. The Morgan fingerprint density at radius 3 is 2.73 bits per heavy atom. The van der Waals surface area contributed by atoms with E-state index in [0.717, 1.165) is 11.8 Å². The first-order valence-corrected chi connectivity index (χ1v) is 7.82.